The van der Waals surface area contributed by atoms with Crippen molar-refractivity contribution in [3.8, 4) is 18.1 Å². The Hall–Kier alpha value is -3.58. The minimum atomic E-state index is -0.169. The quantitative estimate of drug-likeness (QED) is 0.423. The summed E-state index contributed by atoms with van der Waals surface area (Å²) < 4.78 is 5.36. The highest BCUT2D eigenvalue weighted by molar-refractivity contribution is 5.90. The molecule has 0 saturated carbocycles. The first-order chi connectivity index (χ1) is 12.8. The molecule has 0 radical (unpaired) electrons. The Morgan fingerprint density at radius 2 is 1.92 bits per heavy atom. The predicted octanol–water partition coefficient (Wildman–Crippen LogP) is 3.54. The summed E-state index contributed by atoms with van der Waals surface area (Å²) in [5.41, 5.74) is 4.35. The van der Waals surface area contributed by atoms with Crippen molar-refractivity contribution in [1.82, 2.24) is 5.43 Å². The molecule has 0 fully saturated rings. The first-order valence-corrected chi connectivity index (χ1v) is 8.21. The van der Waals surface area contributed by atoms with Gasteiger partial charge in [-0.2, -0.15) is 5.10 Å². The van der Waals surface area contributed by atoms with Gasteiger partial charge in [0.15, 0.2) is 0 Å². The normalized spacial score (nSPS) is 10.6. The van der Waals surface area contributed by atoms with Crippen LogP contribution in [0.1, 0.15) is 11.1 Å². The Bertz CT molecular complexity index is 981. The highest BCUT2D eigenvalue weighted by Crippen LogP contribution is 2.18. The Morgan fingerprint density at radius 1 is 1.12 bits per heavy atom. The van der Waals surface area contributed by atoms with E-state index >= 15 is 0 Å². The van der Waals surface area contributed by atoms with Crippen LogP contribution < -0.4 is 10.2 Å². The van der Waals surface area contributed by atoms with Gasteiger partial charge in [-0.15, -0.1) is 6.42 Å². The van der Waals surface area contributed by atoms with Gasteiger partial charge in [-0.05, 0) is 34.0 Å². The second-order valence-corrected chi connectivity index (χ2v) is 5.67. The minimum Gasteiger partial charge on any atom is -0.481 e. The Morgan fingerprint density at radius 3 is 2.81 bits per heavy atom. The van der Waals surface area contributed by atoms with Gasteiger partial charge in [0.1, 0.15) is 12.4 Å². The molecule has 0 aromatic heterocycles. The van der Waals surface area contributed by atoms with Crippen LogP contribution in [0.4, 0.5) is 0 Å². The molecule has 1 amide bonds. The molecule has 0 spiro atoms. The third-order valence-corrected chi connectivity index (χ3v) is 3.81. The molecule has 0 atom stereocenters. The molecule has 1 N–H and O–H groups in total. The highest BCUT2D eigenvalue weighted by Gasteiger charge is 2.05. The number of hydrogen-bond acceptors (Lipinski definition) is 3. The van der Waals surface area contributed by atoms with Gasteiger partial charge in [-0.25, -0.2) is 5.43 Å². The van der Waals surface area contributed by atoms with Gasteiger partial charge in [0.25, 0.3) is 0 Å². The summed E-state index contributed by atoms with van der Waals surface area (Å²) in [5.74, 6) is 2.91. The van der Waals surface area contributed by atoms with Gasteiger partial charge in [0, 0.05) is 0 Å². The number of carbonyl (C=O) groups is 1. The maximum atomic E-state index is 12.2. The first kappa shape index (κ1) is 17.2. The van der Waals surface area contributed by atoms with Crippen LogP contribution in [-0.2, 0) is 11.2 Å². The molecule has 0 heterocycles. The average Bonchev–Trinajstić information content (AvgIpc) is 2.67. The van der Waals surface area contributed by atoms with E-state index in [-0.39, 0.29) is 18.9 Å². The number of terminal acetylenes is 1. The van der Waals surface area contributed by atoms with Gasteiger partial charge in [-0.3, -0.25) is 4.79 Å². The van der Waals surface area contributed by atoms with Crippen molar-refractivity contribution in [2.45, 2.75) is 6.42 Å². The Kier molecular flexibility index (Phi) is 5.64. The van der Waals surface area contributed by atoms with Crippen molar-refractivity contribution >= 4 is 22.9 Å². The van der Waals surface area contributed by atoms with E-state index in [4.69, 9.17) is 11.2 Å². The van der Waals surface area contributed by atoms with Gasteiger partial charge in [0.2, 0.25) is 5.91 Å². The third kappa shape index (κ3) is 4.49. The monoisotopic (exact) mass is 342 g/mol. The van der Waals surface area contributed by atoms with Crippen LogP contribution in [0.3, 0.4) is 0 Å². The van der Waals surface area contributed by atoms with E-state index in [1.54, 1.807) is 12.3 Å². The Labute approximate surface area is 152 Å². The summed E-state index contributed by atoms with van der Waals surface area (Å²) in [5, 5.41) is 6.21. The van der Waals surface area contributed by atoms with Crippen molar-refractivity contribution in [2.24, 2.45) is 5.10 Å². The molecule has 4 heteroatoms. The molecule has 3 aromatic rings. The van der Waals surface area contributed by atoms with Crippen LogP contribution >= 0.6 is 0 Å². The fraction of sp³-hybridized carbons (Fsp3) is 0.0909. The van der Waals surface area contributed by atoms with E-state index in [0.29, 0.717) is 5.75 Å². The maximum absolute atomic E-state index is 12.2. The van der Waals surface area contributed by atoms with Crippen molar-refractivity contribution in [2.75, 3.05) is 6.61 Å². The first-order valence-electron chi connectivity index (χ1n) is 8.21. The predicted molar refractivity (Wildman–Crippen MR) is 104 cm³/mol. The molecule has 4 nitrogen and oxygen atoms in total. The van der Waals surface area contributed by atoms with E-state index in [0.717, 1.165) is 21.9 Å². The Balaban J connectivity index is 1.62. The zero-order chi connectivity index (χ0) is 18.2. The number of nitrogens with zero attached hydrogens (tertiary/aromatic N) is 1. The number of benzene rings is 3. The lowest BCUT2D eigenvalue weighted by Crippen LogP contribution is -2.19. The molecule has 3 rings (SSSR count). The van der Waals surface area contributed by atoms with Crippen molar-refractivity contribution in [1.29, 1.82) is 0 Å². The summed E-state index contributed by atoms with van der Waals surface area (Å²) in [6.07, 6.45) is 7.02. The van der Waals surface area contributed by atoms with Gasteiger partial charge in [-0.1, -0.05) is 60.5 Å². The highest BCUT2D eigenvalue weighted by atomic mass is 16.5. The molecule has 0 aliphatic carbocycles. The SMILES string of the molecule is C#CCOc1cccc(/C=N\NC(=O)Cc2cccc3ccccc23)c1. The largest absolute Gasteiger partial charge is 0.481 e. The van der Waals surface area contributed by atoms with E-state index in [2.05, 4.69) is 16.4 Å². The van der Waals surface area contributed by atoms with Gasteiger partial charge < -0.3 is 4.74 Å². The number of amides is 1. The van der Waals surface area contributed by atoms with E-state index in [1.807, 2.05) is 60.7 Å². The standard InChI is InChI=1S/C22H18N2O2/c1-2-13-26-20-11-5-7-17(14-20)16-23-24-22(25)15-19-10-6-9-18-8-3-4-12-21(18)19/h1,3-12,14,16H,13,15H2,(H,24,25)/b23-16-. The molecular weight excluding hydrogens is 324 g/mol. The van der Waals surface area contributed by atoms with E-state index in [9.17, 15) is 4.79 Å². The minimum absolute atomic E-state index is 0.169. The smallest absolute Gasteiger partial charge is 0.244 e. The van der Waals surface area contributed by atoms with Crippen LogP contribution in [0.15, 0.2) is 71.8 Å². The zero-order valence-corrected chi connectivity index (χ0v) is 14.2. The van der Waals surface area contributed by atoms with Crippen LogP contribution in [-0.4, -0.2) is 18.7 Å². The molecule has 0 saturated heterocycles. The summed E-state index contributed by atoms with van der Waals surface area (Å²) in [6, 6.07) is 21.3. The number of nitrogens with one attached hydrogen (secondary N) is 1. The summed E-state index contributed by atoms with van der Waals surface area (Å²) in [7, 11) is 0. The van der Waals surface area contributed by atoms with Crippen LogP contribution in [0.5, 0.6) is 5.75 Å². The molecule has 26 heavy (non-hydrogen) atoms. The van der Waals surface area contributed by atoms with Crippen molar-refractivity contribution < 1.29 is 9.53 Å². The van der Waals surface area contributed by atoms with E-state index in [1.165, 1.54) is 0 Å². The topological polar surface area (TPSA) is 50.7 Å². The number of hydrogen-bond donors (Lipinski definition) is 1. The fourth-order valence-corrected chi connectivity index (χ4v) is 2.65. The molecule has 0 aliphatic heterocycles. The second-order valence-electron chi connectivity index (χ2n) is 5.67. The average molecular weight is 342 g/mol. The summed E-state index contributed by atoms with van der Waals surface area (Å²) in [4.78, 5) is 12.2. The van der Waals surface area contributed by atoms with Gasteiger partial charge >= 0.3 is 0 Å². The summed E-state index contributed by atoms with van der Waals surface area (Å²) >= 11 is 0. The molecular formula is C22H18N2O2. The molecule has 128 valence electrons. The summed E-state index contributed by atoms with van der Waals surface area (Å²) in [6.45, 7) is 0.211. The lowest BCUT2D eigenvalue weighted by Gasteiger charge is -2.05. The van der Waals surface area contributed by atoms with Crippen LogP contribution in [0, 0.1) is 12.3 Å². The lowest BCUT2D eigenvalue weighted by atomic mass is 10.0. The molecule has 0 unspecified atom stereocenters. The van der Waals surface area contributed by atoms with Crippen molar-refractivity contribution in [3.05, 3.63) is 77.9 Å². The molecule has 0 bridgehead atoms. The second kappa shape index (κ2) is 8.50. The number of rotatable bonds is 6. The molecule has 3 aromatic carbocycles. The lowest BCUT2D eigenvalue weighted by molar-refractivity contribution is -0.120. The fourth-order valence-electron chi connectivity index (χ4n) is 2.65. The maximum Gasteiger partial charge on any atom is 0.244 e. The molecule has 0 aliphatic rings. The van der Waals surface area contributed by atoms with Crippen LogP contribution in [0.25, 0.3) is 10.8 Å². The number of fused-ring (bicyclic) bond motifs is 1. The zero-order valence-electron chi connectivity index (χ0n) is 14.2. The third-order valence-electron chi connectivity index (χ3n) is 3.81. The number of carbonyl (C=O) groups excluding carboxylic acids is 1. The van der Waals surface area contributed by atoms with E-state index < -0.39 is 0 Å². The van der Waals surface area contributed by atoms with Crippen LogP contribution in [0.2, 0.25) is 0 Å². The number of hydrazone groups is 1. The van der Waals surface area contributed by atoms with Gasteiger partial charge in [0.05, 0.1) is 12.6 Å². The number of ether oxygens (including phenoxy) is 1. The van der Waals surface area contributed by atoms with Crippen molar-refractivity contribution in [3.63, 3.8) is 0 Å².